The second kappa shape index (κ2) is 12.2. The highest BCUT2D eigenvalue weighted by atomic mass is 16.5. The van der Waals surface area contributed by atoms with Gasteiger partial charge in [-0.25, -0.2) is 0 Å². The predicted molar refractivity (Wildman–Crippen MR) is 221 cm³/mol. The van der Waals surface area contributed by atoms with E-state index in [1.54, 1.807) is 23.4 Å². The van der Waals surface area contributed by atoms with E-state index >= 15 is 0 Å². The largest absolute Gasteiger partial charge is 0.496 e. The van der Waals surface area contributed by atoms with Crippen LogP contribution < -0.4 is 20.6 Å². The van der Waals surface area contributed by atoms with Gasteiger partial charge in [-0.1, -0.05) is 97.1 Å². The number of hydrogen-bond donors (Lipinski definition) is 0. The summed E-state index contributed by atoms with van der Waals surface area (Å²) < 4.78 is 15.7. The Balaban J connectivity index is 1.20. The SMILES string of the molecule is COc1ccc2cc(-n3c(=O)c4ccccc4c4ccccc43)ccc2c1-c1c(OC)ccc2cc(-n3c(=O)c4ccccc4c4ccccc43)ccc12. The monoisotopic (exact) mass is 700 g/mol. The van der Waals surface area contributed by atoms with Crippen molar-refractivity contribution in [3.05, 3.63) is 178 Å². The smallest absolute Gasteiger partial charge is 0.263 e. The van der Waals surface area contributed by atoms with Gasteiger partial charge in [-0.05, 0) is 93.0 Å². The van der Waals surface area contributed by atoms with E-state index in [0.29, 0.717) is 22.3 Å². The number of nitrogens with zero attached hydrogens (tertiary/aromatic N) is 2. The molecule has 0 spiro atoms. The van der Waals surface area contributed by atoms with Crippen molar-refractivity contribution in [1.29, 1.82) is 0 Å². The molecular weight excluding hydrogens is 669 g/mol. The fraction of sp³-hybridized carbons (Fsp3) is 0.0417. The van der Waals surface area contributed by atoms with Gasteiger partial charge in [-0.15, -0.1) is 0 Å². The Morgan fingerprint density at radius 3 is 1.15 bits per heavy atom. The Morgan fingerprint density at radius 1 is 0.370 bits per heavy atom. The van der Waals surface area contributed by atoms with Crippen LogP contribution in [0.25, 0.3) is 87.4 Å². The van der Waals surface area contributed by atoms with Gasteiger partial charge in [0.05, 0.1) is 25.3 Å². The molecule has 6 nitrogen and oxygen atoms in total. The molecule has 0 aliphatic carbocycles. The lowest BCUT2D eigenvalue weighted by molar-refractivity contribution is 0.411. The minimum atomic E-state index is -0.0674. The van der Waals surface area contributed by atoms with Gasteiger partial charge in [0.2, 0.25) is 0 Å². The summed E-state index contributed by atoms with van der Waals surface area (Å²) in [5, 5.41) is 9.03. The van der Waals surface area contributed by atoms with Gasteiger partial charge in [0.1, 0.15) is 11.5 Å². The molecule has 6 heteroatoms. The third kappa shape index (κ3) is 4.60. The van der Waals surface area contributed by atoms with Crippen LogP contribution in [-0.4, -0.2) is 23.4 Å². The van der Waals surface area contributed by atoms with Crippen LogP contribution in [0.4, 0.5) is 0 Å². The van der Waals surface area contributed by atoms with E-state index in [0.717, 1.165) is 76.6 Å². The molecule has 0 radical (unpaired) electrons. The van der Waals surface area contributed by atoms with Crippen LogP contribution in [-0.2, 0) is 0 Å². The summed E-state index contributed by atoms with van der Waals surface area (Å²) in [5.74, 6) is 1.38. The zero-order valence-corrected chi connectivity index (χ0v) is 29.5. The second-order valence-corrected chi connectivity index (χ2v) is 13.5. The highest BCUT2D eigenvalue weighted by molar-refractivity contribution is 6.12. The van der Waals surface area contributed by atoms with Crippen molar-refractivity contribution < 1.29 is 9.47 Å². The molecular formula is C48H32N2O4. The number of ether oxygens (including phenoxy) is 2. The summed E-state index contributed by atoms with van der Waals surface area (Å²) in [5.41, 5.74) is 4.85. The molecule has 0 saturated heterocycles. The maximum Gasteiger partial charge on any atom is 0.263 e. The topological polar surface area (TPSA) is 62.5 Å². The molecule has 10 rings (SSSR count). The van der Waals surface area contributed by atoms with E-state index in [2.05, 4.69) is 36.4 Å². The van der Waals surface area contributed by atoms with Gasteiger partial charge in [-0.3, -0.25) is 18.7 Å². The van der Waals surface area contributed by atoms with E-state index in [9.17, 15) is 9.59 Å². The third-order valence-corrected chi connectivity index (χ3v) is 10.7. The summed E-state index contributed by atoms with van der Waals surface area (Å²) in [6.45, 7) is 0. The molecule has 2 heterocycles. The molecule has 10 aromatic rings. The lowest BCUT2D eigenvalue weighted by atomic mass is 9.91. The molecule has 0 bridgehead atoms. The maximum absolute atomic E-state index is 14.1. The normalized spacial score (nSPS) is 11.7. The first-order valence-electron chi connectivity index (χ1n) is 17.8. The molecule has 0 unspecified atom stereocenters. The molecule has 0 aliphatic heterocycles. The van der Waals surface area contributed by atoms with Crippen LogP contribution in [0.3, 0.4) is 0 Å². The van der Waals surface area contributed by atoms with E-state index in [1.807, 2.05) is 121 Å². The first-order valence-corrected chi connectivity index (χ1v) is 17.8. The number of para-hydroxylation sites is 2. The standard InChI is InChI=1S/C48H32N2O4/c1-53-43-25-19-29-27-31(49-41-17-9-7-13-37(41)35-11-3-5-15-39(35)47(49)51)21-23-33(29)45(43)46-34-24-22-32(28-30(34)20-26-44(46)54-2)50-42-18-10-8-14-38(42)36-12-4-6-16-40(36)48(50)52/h3-28H,1-2H3. The minimum absolute atomic E-state index is 0.0674. The van der Waals surface area contributed by atoms with Gasteiger partial charge in [0.15, 0.2) is 0 Å². The van der Waals surface area contributed by atoms with Crippen molar-refractivity contribution in [3.63, 3.8) is 0 Å². The number of benzene rings is 8. The Morgan fingerprint density at radius 2 is 0.741 bits per heavy atom. The first kappa shape index (κ1) is 31.5. The molecule has 8 aromatic carbocycles. The Bertz CT molecular complexity index is 3080. The van der Waals surface area contributed by atoms with Crippen LogP contribution >= 0.6 is 0 Å². The zero-order valence-electron chi connectivity index (χ0n) is 29.5. The van der Waals surface area contributed by atoms with Crippen molar-refractivity contribution in [2.75, 3.05) is 14.2 Å². The van der Waals surface area contributed by atoms with Gasteiger partial charge in [0.25, 0.3) is 11.1 Å². The van der Waals surface area contributed by atoms with Crippen molar-refractivity contribution in [2.45, 2.75) is 0 Å². The molecule has 258 valence electrons. The lowest BCUT2D eigenvalue weighted by Crippen LogP contribution is -2.19. The molecule has 2 aromatic heterocycles. The summed E-state index contributed by atoms with van der Waals surface area (Å²) in [6.07, 6.45) is 0. The van der Waals surface area contributed by atoms with Crippen molar-refractivity contribution in [3.8, 4) is 34.0 Å². The highest BCUT2D eigenvalue weighted by Gasteiger charge is 2.21. The molecule has 0 amide bonds. The Hall–Kier alpha value is -7.18. The predicted octanol–water partition coefficient (Wildman–Crippen LogP) is 10.6. The van der Waals surface area contributed by atoms with Crippen LogP contribution in [0.5, 0.6) is 11.5 Å². The van der Waals surface area contributed by atoms with E-state index in [-0.39, 0.29) is 11.1 Å². The molecule has 0 atom stereocenters. The number of pyridine rings is 2. The van der Waals surface area contributed by atoms with Crippen LogP contribution in [0.1, 0.15) is 0 Å². The average molecular weight is 701 g/mol. The van der Waals surface area contributed by atoms with Crippen molar-refractivity contribution in [1.82, 2.24) is 9.13 Å². The summed E-state index contributed by atoms with van der Waals surface area (Å²) in [7, 11) is 3.35. The maximum atomic E-state index is 14.1. The number of methoxy groups -OCH3 is 2. The number of hydrogen-bond acceptors (Lipinski definition) is 4. The first-order chi connectivity index (χ1) is 26.6. The number of fused-ring (bicyclic) bond motifs is 8. The van der Waals surface area contributed by atoms with Crippen molar-refractivity contribution >= 4 is 64.9 Å². The number of aromatic nitrogens is 2. The number of rotatable bonds is 5. The fourth-order valence-corrected chi connectivity index (χ4v) is 8.30. The van der Waals surface area contributed by atoms with Gasteiger partial charge >= 0.3 is 0 Å². The third-order valence-electron chi connectivity index (χ3n) is 10.7. The zero-order chi connectivity index (χ0) is 36.5. The van der Waals surface area contributed by atoms with Gasteiger partial charge in [-0.2, -0.15) is 0 Å². The quantitative estimate of drug-likeness (QED) is 0.168. The van der Waals surface area contributed by atoms with Crippen LogP contribution in [0.15, 0.2) is 167 Å². The molecule has 0 N–H and O–H groups in total. The Kier molecular flexibility index (Phi) is 7.13. The molecule has 0 fully saturated rings. The summed E-state index contributed by atoms with van der Waals surface area (Å²) >= 11 is 0. The van der Waals surface area contributed by atoms with Gasteiger partial charge in [0, 0.05) is 44.0 Å². The molecule has 0 aliphatic rings. The lowest BCUT2D eigenvalue weighted by Gasteiger charge is -2.19. The Labute approximate surface area is 309 Å². The summed E-state index contributed by atoms with van der Waals surface area (Å²) in [4.78, 5) is 28.2. The fourth-order valence-electron chi connectivity index (χ4n) is 8.30. The highest BCUT2D eigenvalue weighted by Crippen LogP contribution is 2.46. The molecule has 54 heavy (non-hydrogen) atoms. The van der Waals surface area contributed by atoms with E-state index in [4.69, 9.17) is 9.47 Å². The minimum Gasteiger partial charge on any atom is -0.496 e. The van der Waals surface area contributed by atoms with Crippen molar-refractivity contribution in [2.24, 2.45) is 0 Å². The van der Waals surface area contributed by atoms with Crippen LogP contribution in [0, 0.1) is 0 Å². The molecule has 0 saturated carbocycles. The van der Waals surface area contributed by atoms with Gasteiger partial charge < -0.3 is 9.47 Å². The second-order valence-electron chi connectivity index (χ2n) is 13.5. The average Bonchev–Trinajstić information content (AvgIpc) is 3.23. The van der Waals surface area contributed by atoms with Crippen LogP contribution in [0.2, 0.25) is 0 Å². The summed E-state index contributed by atoms with van der Waals surface area (Å²) in [6, 6.07) is 51.9. The van der Waals surface area contributed by atoms with E-state index in [1.165, 1.54) is 0 Å². The van der Waals surface area contributed by atoms with E-state index < -0.39 is 0 Å².